The van der Waals surface area contributed by atoms with Gasteiger partial charge in [0.05, 0.1) is 7.11 Å². The van der Waals surface area contributed by atoms with E-state index in [0.29, 0.717) is 17.6 Å². The van der Waals surface area contributed by atoms with E-state index in [1.54, 1.807) is 7.11 Å². The number of methoxy groups -OCH3 is 1. The Labute approximate surface area is 108 Å². The monoisotopic (exact) mass is 244 g/mol. The first-order valence-corrected chi connectivity index (χ1v) is 6.96. The van der Waals surface area contributed by atoms with E-state index in [2.05, 4.69) is 12.1 Å². The van der Waals surface area contributed by atoms with E-state index >= 15 is 0 Å². The van der Waals surface area contributed by atoms with Gasteiger partial charge in [-0.15, -0.1) is 0 Å². The third-order valence-electron chi connectivity index (χ3n) is 4.60. The van der Waals surface area contributed by atoms with Crippen molar-refractivity contribution in [3.63, 3.8) is 0 Å². The molecule has 2 aliphatic carbocycles. The Morgan fingerprint density at radius 3 is 2.78 bits per heavy atom. The summed E-state index contributed by atoms with van der Waals surface area (Å²) in [4.78, 5) is 11.9. The van der Waals surface area contributed by atoms with Gasteiger partial charge in [0.25, 0.3) is 0 Å². The SMILES string of the molecule is COc1ccc2c(c1)CC[C@@H]([C@@H]1CCCC1=O)C2. The van der Waals surface area contributed by atoms with Crippen LogP contribution in [0.5, 0.6) is 5.75 Å². The molecule has 1 saturated carbocycles. The van der Waals surface area contributed by atoms with Crippen molar-refractivity contribution in [2.45, 2.75) is 38.5 Å². The van der Waals surface area contributed by atoms with Crippen LogP contribution in [0.1, 0.15) is 36.8 Å². The summed E-state index contributed by atoms with van der Waals surface area (Å²) in [5, 5.41) is 0. The molecule has 0 radical (unpaired) electrons. The summed E-state index contributed by atoms with van der Waals surface area (Å²) >= 11 is 0. The van der Waals surface area contributed by atoms with Gasteiger partial charge in [-0.25, -0.2) is 0 Å². The summed E-state index contributed by atoms with van der Waals surface area (Å²) in [6.45, 7) is 0. The second-order valence-corrected chi connectivity index (χ2v) is 5.60. The molecule has 1 aromatic carbocycles. The van der Waals surface area contributed by atoms with Gasteiger partial charge in [-0.1, -0.05) is 6.07 Å². The van der Waals surface area contributed by atoms with Crippen molar-refractivity contribution in [2.75, 3.05) is 7.11 Å². The lowest BCUT2D eigenvalue weighted by Crippen LogP contribution is -2.25. The van der Waals surface area contributed by atoms with Gasteiger partial charge < -0.3 is 4.74 Å². The predicted molar refractivity (Wildman–Crippen MR) is 70.9 cm³/mol. The van der Waals surface area contributed by atoms with Crippen molar-refractivity contribution in [3.05, 3.63) is 29.3 Å². The van der Waals surface area contributed by atoms with Crippen LogP contribution in [0.4, 0.5) is 0 Å². The van der Waals surface area contributed by atoms with Crippen LogP contribution in [0.15, 0.2) is 18.2 Å². The molecule has 18 heavy (non-hydrogen) atoms. The van der Waals surface area contributed by atoms with Crippen LogP contribution in [0.3, 0.4) is 0 Å². The van der Waals surface area contributed by atoms with Crippen LogP contribution in [-0.4, -0.2) is 12.9 Å². The van der Waals surface area contributed by atoms with Crippen molar-refractivity contribution in [1.29, 1.82) is 0 Å². The van der Waals surface area contributed by atoms with Crippen LogP contribution < -0.4 is 4.74 Å². The highest BCUT2D eigenvalue weighted by Gasteiger charge is 2.33. The molecule has 0 saturated heterocycles. The molecule has 96 valence electrons. The van der Waals surface area contributed by atoms with Crippen LogP contribution >= 0.6 is 0 Å². The lowest BCUT2D eigenvalue weighted by Gasteiger charge is -2.28. The topological polar surface area (TPSA) is 26.3 Å². The van der Waals surface area contributed by atoms with Crippen molar-refractivity contribution >= 4 is 5.78 Å². The summed E-state index contributed by atoms with van der Waals surface area (Å²) in [5.41, 5.74) is 2.84. The molecule has 3 rings (SSSR count). The second-order valence-electron chi connectivity index (χ2n) is 5.60. The van der Waals surface area contributed by atoms with E-state index in [1.165, 1.54) is 11.1 Å². The Hall–Kier alpha value is -1.31. The fraction of sp³-hybridized carbons (Fsp3) is 0.562. The lowest BCUT2D eigenvalue weighted by molar-refractivity contribution is -0.122. The largest absolute Gasteiger partial charge is 0.497 e. The first kappa shape index (κ1) is 11.8. The van der Waals surface area contributed by atoms with Crippen LogP contribution in [0.2, 0.25) is 0 Å². The summed E-state index contributed by atoms with van der Waals surface area (Å²) in [6.07, 6.45) is 6.38. The second kappa shape index (κ2) is 4.75. The fourth-order valence-electron chi connectivity index (χ4n) is 3.57. The molecule has 0 spiro atoms. The molecule has 0 amide bonds. The normalized spacial score (nSPS) is 27.1. The summed E-state index contributed by atoms with van der Waals surface area (Å²) < 4.78 is 5.27. The zero-order valence-electron chi connectivity index (χ0n) is 10.9. The van der Waals surface area contributed by atoms with E-state index in [0.717, 1.165) is 44.3 Å². The average Bonchev–Trinajstić information content (AvgIpc) is 2.84. The number of aryl methyl sites for hydroxylation is 1. The van der Waals surface area contributed by atoms with Gasteiger partial charge in [0.15, 0.2) is 0 Å². The van der Waals surface area contributed by atoms with Crippen LogP contribution in [0, 0.1) is 11.8 Å². The molecular formula is C16H20O2. The van der Waals surface area contributed by atoms with Crippen molar-refractivity contribution < 1.29 is 9.53 Å². The minimum atomic E-state index is 0.347. The maximum atomic E-state index is 11.9. The molecule has 0 unspecified atom stereocenters. The van der Waals surface area contributed by atoms with Crippen molar-refractivity contribution in [2.24, 2.45) is 11.8 Å². The number of Topliss-reactive ketones (excluding diaryl/α,β-unsaturated/α-hetero) is 1. The zero-order valence-corrected chi connectivity index (χ0v) is 10.9. The molecule has 0 N–H and O–H groups in total. The van der Waals surface area contributed by atoms with E-state index in [9.17, 15) is 4.79 Å². The Balaban J connectivity index is 1.79. The van der Waals surface area contributed by atoms with Gasteiger partial charge in [-0.05, 0) is 61.3 Å². The maximum Gasteiger partial charge on any atom is 0.136 e. The Morgan fingerprint density at radius 1 is 1.17 bits per heavy atom. The first-order chi connectivity index (χ1) is 8.78. The van der Waals surface area contributed by atoms with E-state index in [1.807, 2.05) is 6.07 Å². The number of benzene rings is 1. The minimum Gasteiger partial charge on any atom is -0.497 e. The number of carbonyl (C=O) groups excluding carboxylic acids is 1. The van der Waals surface area contributed by atoms with E-state index < -0.39 is 0 Å². The van der Waals surface area contributed by atoms with Gasteiger partial charge >= 0.3 is 0 Å². The molecule has 0 heterocycles. The number of ether oxygens (including phenoxy) is 1. The van der Waals surface area contributed by atoms with Crippen molar-refractivity contribution in [1.82, 2.24) is 0 Å². The quantitative estimate of drug-likeness (QED) is 0.798. The van der Waals surface area contributed by atoms with Crippen LogP contribution in [0.25, 0.3) is 0 Å². The molecule has 2 aliphatic rings. The molecule has 0 aliphatic heterocycles. The molecule has 1 aromatic rings. The van der Waals surface area contributed by atoms with Gasteiger partial charge in [0, 0.05) is 12.3 Å². The molecular weight excluding hydrogens is 224 g/mol. The Bertz CT molecular complexity index is 464. The number of carbonyl (C=O) groups is 1. The highest BCUT2D eigenvalue weighted by atomic mass is 16.5. The smallest absolute Gasteiger partial charge is 0.136 e. The molecule has 0 aromatic heterocycles. The standard InChI is InChI=1S/C16H20O2/c1-18-14-8-7-11-9-13(6-5-12(11)10-14)15-3-2-4-16(15)17/h7-8,10,13,15H,2-6,9H2,1H3/t13-,15+/m1/s1. The number of ketones is 1. The van der Waals surface area contributed by atoms with Gasteiger partial charge in [0.2, 0.25) is 0 Å². The van der Waals surface area contributed by atoms with Gasteiger partial charge in [0.1, 0.15) is 11.5 Å². The van der Waals surface area contributed by atoms with Gasteiger partial charge in [-0.2, -0.15) is 0 Å². The molecule has 2 heteroatoms. The molecule has 2 nitrogen and oxygen atoms in total. The fourth-order valence-corrected chi connectivity index (χ4v) is 3.57. The molecule has 0 bridgehead atoms. The van der Waals surface area contributed by atoms with Crippen molar-refractivity contribution in [3.8, 4) is 5.75 Å². The summed E-state index contributed by atoms with van der Waals surface area (Å²) in [5.74, 6) is 2.39. The first-order valence-electron chi connectivity index (χ1n) is 6.96. The summed E-state index contributed by atoms with van der Waals surface area (Å²) in [6, 6.07) is 6.37. The number of rotatable bonds is 2. The average molecular weight is 244 g/mol. The zero-order chi connectivity index (χ0) is 12.5. The Morgan fingerprint density at radius 2 is 2.06 bits per heavy atom. The third kappa shape index (κ3) is 2.05. The molecule has 1 fully saturated rings. The van der Waals surface area contributed by atoms with E-state index in [4.69, 9.17) is 4.74 Å². The lowest BCUT2D eigenvalue weighted by atomic mass is 9.76. The number of fused-ring (bicyclic) bond motifs is 1. The number of hydrogen-bond donors (Lipinski definition) is 0. The Kier molecular flexibility index (Phi) is 3.11. The molecule has 2 atom stereocenters. The maximum absolute atomic E-state index is 11.9. The van der Waals surface area contributed by atoms with Crippen LogP contribution in [-0.2, 0) is 17.6 Å². The summed E-state index contributed by atoms with van der Waals surface area (Å²) in [7, 11) is 1.71. The van der Waals surface area contributed by atoms with E-state index in [-0.39, 0.29) is 0 Å². The predicted octanol–water partition coefficient (Wildman–Crippen LogP) is 3.17. The number of hydrogen-bond acceptors (Lipinski definition) is 2. The van der Waals surface area contributed by atoms with Gasteiger partial charge in [-0.3, -0.25) is 4.79 Å². The highest BCUT2D eigenvalue weighted by Crippen LogP contribution is 2.37. The highest BCUT2D eigenvalue weighted by molar-refractivity contribution is 5.83. The minimum absolute atomic E-state index is 0.347. The third-order valence-corrected chi connectivity index (χ3v) is 4.60.